The van der Waals surface area contributed by atoms with Crippen LogP contribution in [-0.4, -0.2) is 27.8 Å². The zero-order valence-electron chi connectivity index (χ0n) is 21.6. The lowest BCUT2D eigenvalue weighted by atomic mass is 9.95. The van der Waals surface area contributed by atoms with Gasteiger partial charge < -0.3 is 28.4 Å². The Morgan fingerprint density at radius 3 is 1.39 bits per heavy atom. The molecule has 0 unspecified atom stereocenters. The summed E-state index contributed by atoms with van der Waals surface area (Å²) in [5, 5.41) is 0. The van der Waals surface area contributed by atoms with E-state index in [4.69, 9.17) is 28.4 Å². The number of hydrogen-bond acceptors (Lipinski definition) is 6. The molecule has 2 aliphatic heterocycles. The smallest absolute Gasteiger partial charge is 0.231 e. The van der Waals surface area contributed by atoms with Gasteiger partial charge in [-0.05, 0) is 108 Å². The van der Waals surface area contributed by atoms with Gasteiger partial charge in [0.05, 0.1) is 14.2 Å². The largest absolute Gasteiger partial charge is 0.496 e. The van der Waals surface area contributed by atoms with Crippen molar-refractivity contribution in [2.75, 3.05) is 27.8 Å². The molecule has 0 saturated carbocycles. The van der Waals surface area contributed by atoms with Crippen LogP contribution < -0.4 is 28.4 Å². The standard InChI is InChI=1S/C32H30O6/c1-33-27-13-9-23(17-25(27)7-3-21-5-11-29-31(15-21)37-19-35-29)24-10-14-28(34-2)26(18-24)8-4-22-6-12-30-32(16-22)38-20-36-30/h5-6,9-18H,3-4,7-8,19-20H2,1-2H3. The molecule has 0 fully saturated rings. The van der Waals surface area contributed by atoms with Crippen molar-refractivity contribution in [2.45, 2.75) is 25.7 Å². The number of ether oxygens (including phenoxy) is 6. The number of benzene rings is 4. The summed E-state index contributed by atoms with van der Waals surface area (Å²) in [6.45, 7) is 0.574. The van der Waals surface area contributed by atoms with Gasteiger partial charge in [-0.15, -0.1) is 0 Å². The van der Waals surface area contributed by atoms with Crippen LogP contribution in [-0.2, 0) is 25.7 Å². The van der Waals surface area contributed by atoms with E-state index in [1.54, 1.807) is 14.2 Å². The maximum Gasteiger partial charge on any atom is 0.231 e. The van der Waals surface area contributed by atoms with Crippen molar-refractivity contribution < 1.29 is 28.4 Å². The van der Waals surface area contributed by atoms with Gasteiger partial charge in [-0.2, -0.15) is 0 Å². The van der Waals surface area contributed by atoms with Crippen LogP contribution in [0.5, 0.6) is 34.5 Å². The summed E-state index contributed by atoms with van der Waals surface area (Å²) < 4.78 is 33.4. The molecule has 6 heteroatoms. The number of methoxy groups -OCH3 is 2. The van der Waals surface area contributed by atoms with Crippen LogP contribution >= 0.6 is 0 Å². The van der Waals surface area contributed by atoms with E-state index < -0.39 is 0 Å². The first-order valence-electron chi connectivity index (χ1n) is 12.8. The van der Waals surface area contributed by atoms with Crippen molar-refractivity contribution >= 4 is 0 Å². The van der Waals surface area contributed by atoms with Gasteiger partial charge in [0.15, 0.2) is 23.0 Å². The molecule has 0 spiro atoms. The number of hydrogen-bond donors (Lipinski definition) is 0. The molecule has 0 atom stereocenters. The molecule has 0 amide bonds. The predicted molar refractivity (Wildman–Crippen MR) is 145 cm³/mol. The maximum absolute atomic E-state index is 5.69. The van der Waals surface area contributed by atoms with Crippen molar-refractivity contribution in [2.24, 2.45) is 0 Å². The van der Waals surface area contributed by atoms with Crippen LogP contribution in [0, 0.1) is 0 Å². The van der Waals surface area contributed by atoms with Crippen LogP contribution in [0.3, 0.4) is 0 Å². The van der Waals surface area contributed by atoms with Gasteiger partial charge in [-0.1, -0.05) is 24.3 Å². The molecule has 0 bridgehead atoms. The first-order valence-corrected chi connectivity index (χ1v) is 12.8. The second-order valence-electron chi connectivity index (χ2n) is 9.43. The molecule has 0 radical (unpaired) electrons. The van der Waals surface area contributed by atoms with Crippen molar-refractivity contribution in [1.82, 2.24) is 0 Å². The van der Waals surface area contributed by atoms with Gasteiger partial charge >= 0.3 is 0 Å². The van der Waals surface area contributed by atoms with E-state index in [0.29, 0.717) is 0 Å². The quantitative estimate of drug-likeness (QED) is 0.260. The zero-order valence-corrected chi connectivity index (χ0v) is 21.6. The number of rotatable bonds is 9. The first kappa shape index (κ1) is 24.0. The Morgan fingerprint density at radius 2 is 0.947 bits per heavy atom. The molecule has 0 N–H and O–H groups in total. The molecule has 6 rings (SSSR count). The third kappa shape index (κ3) is 4.94. The molecule has 0 aliphatic carbocycles. The third-order valence-electron chi connectivity index (χ3n) is 7.13. The van der Waals surface area contributed by atoms with Crippen LogP contribution in [0.1, 0.15) is 22.3 Å². The van der Waals surface area contributed by atoms with E-state index in [1.807, 2.05) is 12.1 Å². The van der Waals surface area contributed by atoms with Gasteiger partial charge in [-0.3, -0.25) is 0 Å². The highest BCUT2D eigenvalue weighted by molar-refractivity contribution is 5.68. The fraction of sp³-hybridized carbons (Fsp3) is 0.250. The summed E-state index contributed by atoms with van der Waals surface area (Å²) in [4.78, 5) is 0. The Morgan fingerprint density at radius 1 is 0.500 bits per heavy atom. The van der Waals surface area contributed by atoms with Gasteiger partial charge in [-0.25, -0.2) is 0 Å². The molecule has 4 aromatic carbocycles. The van der Waals surface area contributed by atoms with Crippen LogP contribution in [0.2, 0.25) is 0 Å². The molecule has 0 saturated heterocycles. The van der Waals surface area contributed by atoms with Crippen LogP contribution in [0.4, 0.5) is 0 Å². The average molecular weight is 511 g/mol. The highest BCUT2D eigenvalue weighted by Gasteiger charge is 2.16. The van der Waals surface area contributed by atoms with E-state index in [9.17, 15) is 0 Å². The lowest BCUT2D eigenvalue weighted by molar-refractivity contribution is 0.173. The molecular formula is C32H30O6. The highest BCUT2D eigenvalue weighted by Crippen LogP contribution is 2.35. The summed E-state index contributed by atoms with van der Waals surface area (Å²) in [7, 11) is 3.45. The molecule has 2 aliphatic rings. The molecule has 0 aromatic heterocycles. The zero-order chi connectivity index (χ0) is 25.9. The Hall–Kier alpha value is -4.32. The lowest BCUT2D eigenvalue weighted by Gasteiger charge is -2.14. The summed E-state index contributed by atoms with van der Waals surface area (Å²) >= 11 is 0. The molecule has 6 nitrogen and oxygen atoms in total. The average Bonchev–Trinajstić information content (AvgIpc) is 3.63. The third-order valence-corrected chi connectivity index (χ3v) is 7.13. The fourth-order valence-electron chi connectivity index (χ4n) is 5.06. The van der Waals surface area contributed by atoms with Gasteiger partial charge in [0.1, 0.15) is 11.5 Å². The summed E-state index contributed by atoms with van der Waals surface area (Å²) in [6, 6.07) is 25.1. The minimum atomic E-state index is 0.287. The van der Waals surface area contributed by atoms with Crippen LogP contribution in [0.25, 0.3) is 11.1 Å². The van der Waals surface area contributed by atoms with E-state index in [1.165, 1.54) is 22.3 Å². The Balaban J connectivity index is 1.21. The molecule has 194 valence electrons. The van der Waals surface area contributed by atoms with Gasteiger partial charge in [0.2, 0.25) is 13.6 Å². The summed E-state index contributed by atoms with van der Waals surface area (Å²) in [5.74, 6) is 5.03. The Bertz CT molecular complexity index is 1350. The summed E-state index contributed by atoms with van der Waals surface area (Å²) in [5.41, 5.74) is 7.05. The van der Waals surface area contributed by atoms with Crippen molar-refractivity contribution in [3.63, 3.8) is 0 Å². The number of aryl methyl sites for hydroxylation is 4. The second-order valence-corrected chi connectivity index (χ2v) is 9.43. The highest BCUT2D eigenvalue weighted by atomic mass is 16.7. The molecule has 4 aromatic rings. The second kappa shape index (κ2) is 10.6. The minimum Gasteiger partial charge on any atom is -0.496 e. The van der Waals surface area contributed by atoms with Gasteiger partial charge in [0, 0.05) is 0 Å². The normalized spacial score (nSPS) is 13.0. The first-order chi connectivity index (χ1) is 18.7. The van der Waals surface area contributed by atoms with E-state index in [0.717, 1.165) is 71.3 Å². The van der Waals surface area contributed by atoms with Crippen molar-refractivity contribution in [3.8, 4) is 45.6 Å². The Kier molecular flexibility index (Phi) is 6.69. The topological polar surface area (TPSA) is 55.4 Å². The number of fused-ring (bicyclic) bond motifs is 2. The Labute approximate surface area is 222 Å². The summed E-state index contributed by atoms with van der Waals surface area (Å²) in [6.07, 6.45) is 3.45. The maximum atomic E-state index is 5.69. The van der Waals surface area contributed by atoms with Crippen molar-refractivity contribution in [3.05, 3.63) is 95.1 Å². The SMILES string of the molecule is COc1ccc(-c2ccc(OC)c(CCc3ccc4c(c3)OCO4)c2)cc1CCc1ccc2c(c1)OCO2. The predicted octanol–water partition coefficient (Wildman–Crippen LogP) is 6.40. The van der Waals surface area contributed by atoms with Crippen LogP contribution in [0.15, 0.2) is 72.8 Å². The van der Waals surface area contributed by atoms with E-state index in [2.05, 4.69) is 60.7 Å². The van der Waals surface area contributed by atoms with Crippen molar-refractivity contribution in [1.29, 1.82) is 0 Å². The monoisotopic (exact) mass is 510 g/mol. The molecule has 2 heterocycles. The van der Waals surface area contributed by atoms with E-state index >= 15 is 0 Å². The lowest BCUT2D eigenvalue weighted by Crippen LogP contribution is -1.98. The van der Waals surface area contributed by atoms with Gasteiger partial charge in [0.25, 0.3) is 0 Å². The van der Waals surface area contributed by atoms with E-state index in [-0.39, 0.29) is 13.6 Å². The molecular weight excluding hydrogens is 480 g/mol. The molecule has 38 heavy (non-hydrogen) atoms. The minimum absolute atomic E-state index is 0.287. The fourth-order valence-corrected chi connectivity index (χ4v) is 5.06.